The van der Waals surface area contributed by atoms with Gasteiger partial charge in [-0.05, 0) is 76.3 Å². The average molecular weight is 627 g/mol. The van der Waals surface area contributed by atoms with Crippen LogP contribution in [0.2, 0.25) is 0 Å². The highest BCUT2D eigenvalue weighted by molar-refractivity contribution is 7.91. The molecule has 3 aromatic carbocycles. The normalized spacial score (nSPS) is 14.3. The first-order chi connectivity index (χ1) is 21.0. The molecule has 0 saturated carbocycles. The first-order valence-corrected chi connectivity index (χ1v) is 15.9. The fourth-order valence-electron chi connectivity index (χ4n) is 5.44. The summed E-state index contributed by atoms with van der Waals surface area (Å²) in [7, 11) is -0.331. The third kappa shape index (κ3) is 6.40. The molecule has 13 heteroatoms. The van der Waals surface area contributed by atoms with Gasteiger partial charge in [0.05, 0.1) is 32.1 Å². The van der Waals surface area contributed by atoms with Gasteiger partial charge < -0.3 is 25.6 Å². The van der Waals surface area contributed by atoms with Gasteiger partial charge >= 0.3 is 0 Å². The van der Waals surface area contributed by atoms with Gasteiger partial charge in [0.25, 0.3) is 5.91 Å². The summed E-state index contributed by atoms with van der Waals surface area (Å²) in [6, 6.07) is 10.1. The van der Waals surface area contributed by atoms with Gasteiger partial charge in [0.2, 0.25) is 9.84 Å². The van der Waals surface area contributed by atoms with Crippen LogP contribution in [0.5, 0.6) is 0 Å². The Hall–Kier alpha value is -4.07. The molecule has 1 aliphatic heterocycles. The number of ether oxygens (including phenoxy) is 1. The number of aromatic nitrogens is 2. The van der Waals surface area contributed by atoms with Gasteiger partial charge in [0, 0.05) is 56.0 Å². The lowest BCUT2D eigenvalue weighted by molar-refractivity contribution is 0.0904. The van der Waals surface area contributed by atoms with Crippen molar-refractivity contribution >= 4 is 38.0 Å². The molecule has 44 heavy (non-hydrogen) atoms. The molecule has 0 bridgehead atoms. The maximum atomic E-state index is 14.0. The zero-order chi connectivity index (χ0) is 31.6. The van der Waals surface area contributed by atoms with E-state index in [0.29, 0.717) is 73.1 Å². The van der Waals surface area contributed by atoms with Gasteiger partial charge in [0.1, 0.15) is 17.3 Å². The second-order valence-corrected chi connectivity index (χ2v) is 13.0. The van der Waals surface area contributed by atoms with Crippen LogP contribution in [0.25, 0.3) is 22.2 Å². The van der Waals surface area contributed by atoms with Crippen molar-refractivity contribution in [2.24, 2.45) is 5.73 Å². The number of rotatable bonds is 11. The largest absolute Gasteiger partial charge is 0.381 e. The number of sulfone groups is 1. The molecule has 1 fully saturated rings. The number of benzene rings is 3. The number of primary amides is 1. The molecule has 1 aliphatic rings. The standard InChI is InChI=1S/C31H36F2N6O4S/c1-4-39(12-11-38(2)3)27-8-6-24(31(34)40)29(35-21-9-13-43-14-10-21)28(27)30-25-18-22(5-7-26(25)36-37-30)44(41,42)23-16-19(32)15-20(33)17-23/h5-8,15-18,21,35H,4,9-14H2,1-3H3,(H2,34,40)(H,36,37). The second-order valence-electron chi connectivity index (χ2n) is 11.0. The fraction of sp³-hybridized carbons (Fsp3) is 0.355. The molecule has 0 radical (unpaired) electrons. The Labute approximate surface area is 255 Å². The summed E-state index contributed by atoms with van der Waals surface area (Å²) < 4.78 is 60.6. The van der Waals surface area contributed by atoms with E-state index < -0.39 is 32.3 Å². The van der Waals surface area contributed by atoms with E-state index in [2.05, 4.69) is 25.3 Å². The number of carbonyl (C=O) groups is 1. The molecule has 1 amide bonds. The number of anilines is 2. The number of H-pyrrole nitrogens is 1. The number of hydrogen-bond acceptors (Lipinski definition) is 8. The van der Waals surface area contributed by atoms with E-state index in [1.807, 2.05) is 27.1 Å². The molecule has 1 saturated heterocycles. The predicted molar refractivity (Wildman–Crippen MR) is 166 cm³/mol. The number of fused-ring (bicyclic) bond motifs is 1. The van der Waals surface area contributed by atoms with Crippen molar-refractivity contribution in [2.45, 2.75) is 35.6 Å². The van der Waals surface area contributed by atoms with Crippen LogP contribution in [-0.2, 0) is 14.6 Å². The van der Waals surface area contributed by atoms with E-state index in [0.717, 1.165) is 24.4 Å². The summed E-state index contributed by atoms with van der Waals surface area (Å²) in [4.78, 5) is 16.3. The van der Waals surface area contributed by atoms with Crippen molar-refractivity contribution < 1.29 is 26.7 Å². The molecule has 0 unspecified atom stereocenters. The Morgan fingerprint density at radius 1 is 1.05 bits per heavy atom. The molecule has 4 N–H and O–H groups in total. The molecule has 4 aromatic rings. The van der Waals surface area contributed by atoms with E-state index in [1.54, 1.807) is 12.1 Å². The quantitative estimate of drug-likeness (QED) is 0.223. The Balaban J connectivity index is 1.74. The number of likely N-dealkylation sites (N-methyl/N-ethyl adjacent to an activating group) is 2. The smallest absolute Gasteiger partial charge is 0.250 e. The van der Waals surface area contributed by atoms with Crippen LogP contribution in [0.4, 0.5) is 20.2 Å². The Kier molecular flexibility index (Phi) is 9.18. The van der Waals surface area contributed by atoms with Crippen molar-refractivity contribution in [2.75, 3.05) is 57.2 Å². The van der Waals surface area contributed by atoms with Crippen molar-refractivity contribution in [3.63, 3.8) is 0 Å². The summed E-state index contributed by atoms with van der Waals surface area (Å²) in [5, 5.41) is 11.6. The third-order valence-electron chi connectivity index (χ3n) is 7.79. The van der Waals surface area contributed by atoms with Crippen molar-refractivity contribution in [1.29, 1.82) is 0 Å². The van der Waals surface area contributed by atoms with Crippen LogP contribution < -0.4 is 16.0 Å². The van der Waals surface area contributed by atoms with Crippen LogP contribution in [-0.4, -0.2) is 82.4 Å². The first kappa shape index (κ1) is 31.4. The van der Waals surface area contributed by atoms with Gasteiger partial charge in [-0.3, -0.25) is 9.89 Å². The predicted octanol–water partition coefficient (Wildman–Crippen LogP) is 4.42. The number of nitrogens with two attached hydrogens (primary N) is 1. The number of amides is 1. The molecule has 234 valence electrons. The number of halogens is 2. The number of hydrogen-bond donors (Lipinski definition) is 3. The van der Waals surface area contributed by atoms with E-state index in [4.69, 9.17) is 10.5 Å². The fourth-order valence-corrected chi connectivity index (χ4v) is 6.76. The lowest BCUT2D eigenvalue weighted by Crippen LogP contribution is -2.33. The van der Waals surface area contributed by atoms with Gasteiger partial charge in [-0.15, -0.1) is 0 Å². The number of nitrogens with one attached hydrogen (secondary N) is 2. The molecule has 0 atom stereocenters. The average Bonchev–Trinajstić information content (AvgIpc) is 3.40. The summed E-state index contributed by atoms with van der Waals surface area (Å²) in [6.45, 7) is 5.21. The zero-order valence-electron chi connectivity index (χ0n) is 24.9. The SMILES string of the molecule is CCN(CCN(C)C)c1ccc(C(N)=O)c(NC2CCOCC2)c1-c1n[nH]c2ccc(S(=O)(=O)c3cc(F)cc(F)c3)cc12. The summed E-state index contributed by atoms with van der Waals surface area (Å²) in [5.74, 6) is -2.62. The van der Waals surface area contributed by atoms with Crippen molar-refractivity contribution in [3.05, 3.63) is 65.7 Å². The molecule has 5 rings (SSSR count). The Morgan fingerprint density at radius 2 is 1.75 bits per heavy atom. The van der Waals surface area contributed by atoms with Crippen LogP contribution in [0, 0.1) is 11.6 Å². The van der Waals surface area contributed by atoms with E-state index >= 15 is 0 Å². The van der Waals surface area contributed by atoms with Crippen molar-refractivity contribution in [1.82, 2.24) is 15.1 Å². The third-order valence-corrected chi connectivity index (χ3v) is 9.52. The van der Waals surface area contributed by atoms with E-state index in [-0.39, 0.29) is 16.5 Å². The minimum atomic E-state index is -4.30. The number of nitrogens with zero attached hydrogens (tertiary/aromatic N) is 3. The Bertz CT molecular complexity index is 1770. The maximum absolute atomic E-state index is 14.0. The number of carbonyl (C=O) groups excluding carboxylic acids is 1. The molecule has 0 spiro atoms. The van der Waals surface area contributed by atoms with Crippen LogP contribution >= 0.6 is 0 Å². The highest BCUT2D eigenvalue weighted by Crippen LogP contribution is 2.43. The van der Waals surface area contributed by atoms with Gasteiger partial charge in [0.15, 0.2) is 0 Å². The van der Waals surface area contributed by atoms with E-state index in [1.165, 1.54) is 12.1 Å². The second kappa shape index (κ2) is 12.9. The molecular weight excluding hydrogens is 590 g/mol. The molecule has 1 aromatic heterocycles. The van der Waals surface area contributed by atoms with Gasteiger partial charge in [-0.2, -0.15) is 5.10 Å². The zero-order valence-corrected chi connectivity index (χ0v) is 25.7. The molecular formula is C31H36F2N6O4S. The van der Waals surface area contributed by atoms with Gasteiger partial charge in [-0.1, -0.05) is 0 Å². The minimum Gasteiger partial charge on any atom is -0.381 e. The van der Waals surface area contributed by atoms with Crippen LogP contribution in [0.15, 0.2) is 58.3 Å². The molecule has 0 aliphatic carbocycles. The van der Waals surface area contributed by atoms with Crippen LogP contribution in [0.1, 0.15) is 30.1 Å². The summed E-state index contributed by atoms with van der Waals surface area (Å²) in [6.07, 6.45) is 1.43. The summed E-state index contributed by atoms with van der Waals surface area (Å²) >= 11 is 0. The molecule has 10 nitrogen and oxygen atoms in total. The first-order valence-electron chi connectivity index (χ1n) is 14.4. The monoisotopic (exact) mass is 626 g/mol. The Morgan fingerprint density at radius 3 is 2.39 bits per heavy atom. The van der Waals surface area contributed by atoms with Gasteiger partial charge in [-0.25, -0.2) is 17.2 Å². The lowest BCUT2D eigenvalue weighted by Gasteiger charge is -2.31. The lowest BCUT2D eigenvalue weighted by atomic mass is 9.96. The highest BCUT2D eigenvalue weighted by atomic mass is 32.2. The highest BCUT2D eigenvalue weighted by Gasteiger charge is 2.28. The summed E-state index contributed by atoms with van der Waals surface area (Å²) in [5.41, 5.74) is 8.97. The van der Waals surface area contributed by atoms with Crippen LogP contribution in [0.3, 0.4) is 0 Å². The van der Waals surface area contributed by atoms with E-state index in [9.17, 15) is 22.0 Å². The molecule has 2 heterocycles. The van der Waals surface area contributed by atoms with Crippen molar-refractivity contribution in [3.8, 4) is 11.3 Å². The minimum absolute atomic E-state index is 0.00304. The maximum Gasteiger partial charge on any atom is 0.250 e. The topological polar surface area (TPSA) is 134 Å². The number of aromatic amines is 1.